The van der Waals surface area contributed by atoms with Crippen LogP contribution in [0.1, 0.15) is 0 Å². The lowest BCUT2D eigenvalue weighted by molar-refractivity contribution is -0.318. The standard InChI is InChI=1S/C7H12Cl4O3/c8-1-4-12-7(11,13-5-2-9)14-6-3-10/h1-6H2. The maximum Gasteiger partial charge on any atom is 0.370 e. The molecule has 0 aromatic carbocycles. The monoisotopic (exact) mass is 284 g/mol. The van der Waals surface area contributed by atoms with E-state index in [4.69, 9.17) is 60.6 Å². The molecule has 0 aliphatic carbocycles. The number of hydrogen-bond acceptors (Lipinski definition) is 3. The van der Waals surface area contributed by atoms with Crippen LogP contribution in [0.5, 0.6) is 0 Å². The Kier molecular flexibility index (Phi) is 9.97. The third-order valence-electron chi connectivity index (χ3n) is 1.05. The lowest BCUT2D eigenvalue weighted by atomic mass is 10.8. The second-order valence-corrected chi connectivity index (χ2v) is 3.69. The van der Waals surface area contributed by atoms with E-state index < -0.39 is 5.43 Å². The van der Waals surface area contributed by atoms with Crippen molar-refractivity contribution >= 4 is 46.4 Å². The molecule has 0 rings (SSSR count). The molecule has 0 bridgehead atoms. The average Bonchev–Trinajstić information content (AvgIpc) is 2.21. The van der Waals surface area contributed by atoms with Crippen LogP contribution in [0, 0.1) is 0 Å². The zero-order valence-electron chi connectivity index (χ0n) is 7.48. The van der Waals surface area contributed by atoms with E-state index in [2.05, 4.69) is 0 Å². The molecular weight excluding hydrogens is 274 g/mol. The van der Waals surface area contributed by atoms with E-state index >= 15 is 0 Å². The molecule has 0 N–H and O–H groups in total. The summed E-state index contributed by atoms with van der Waals surface area (Å²) in [6.07, 6.45) is 0. The summed E-state index contributed by atoms with van der Waals surface area (Å²) >= 11 is 22.1. The first-order chi connectivity index (χ1) is 6.68. The molecule has 0 heterocycles. The molecule has 0 aromatic heterocycles. The average molecular weight is 286 g/mol. The molecule has 0 atom stereocenters. The van der Waals surface area contributed by atoms with Crippen LogP contribution in [-0.4, -0.2) is 42.9 Å². The Bertz CT molecular complexity index is 114. The fourth-order valence-corrected chi connectivity index (χ4v) is 1.07. The van der Waals surface area contributed by atoms with Crippen LogP contribution in [-0.2, 0) is 14.2 Å². The smallest absolute Gasteiger partial charge is 0.313 e. The molecule has 0 aliphatic rings. The summed E-state index contributed by atoms with van der Waals surface area (Å²) in [4.78, 5) is 0. The molecule has 0 radical (unpaired) electrons. The van der Waals surface area contributed by atoms with E-state index in [1.165, 1.54) is 0 Å². The first kappa shape index (κ1) is 15.0. The predicted molar refractivity (Wildman–Crippen MR) is 58.6 cm³/mol. The minimum Gasteiger partial charge on any atom is -0.313 e. The van der Waals surface area contributed by atoms with Crippen LogP contribution in [0.2, 0.25) is 0 Å². The van der Waals surface area contributed by atoms with Gasteiger partial charge in [0.2, 0.25) is 0 Å². The van der Waals surface area contributed by atoms with E-state index in [0.717, 1.165) is 0 Å². The van der Waals surface area contributed by atoms with Crippen molar-refractivity contribution in [2.75, 3.05) is 37.5 Å². The number of hydrogen-bond donors (Lipinski definition) is 0. The SMILES string of the molecule is ClCCOC(Cl)(OCCCl)OCCCl. The fraction of sp³-hybridized carbons (Fsp3) is 1.00. The molecule has 14 heavy (non-hydrogen) atoms. The van der Waals surface area contributed by atoms with E-state index in [0.29, 0.717) is 17.6 Å². The van der Waals surface area contributed by atoms with Gasteiger partial charge in [-0.3, -0.25) is 0 Å². The Morgan fingerprint density at radius 3 is 1.21 bits per heavy atom. The van der Waals surface area contributed by atoms with Gasteiger partial charge in [0.1, 0.15) is 0 Å². The van der Waals surface area contributed by atoms with Crippen molar-refractivity contribution < 1.29 is 14.2 Å². The van der Waals surface area contributed by atoms with Gasteiger partial charge < -0.3 is 14.2 Å². The third kappa shape index (κ3) is 7.35. The van der Waals surface area contributed by atoms with Crippen molar-refractivity contribution in [2.45, 2.75) is 5.43 Å². The van der Waals surface area contributed by atoms with E-state index in [9.17, 15) is 0 Å². The van der Waals surface area contributed by atoms with E-state index in [1.54, 1.807) is 0 Å². The maximum atomic E-state index is 5.83. The molecular formula is C7H12Cl4O3. The summed E-state index contributed by atoms with van der Waals surface area (Å²) in [6, 6.07) is 0. The van der Waals surface area contributed by atoms with Gasteiger partial charge in [-0.05, 0) is 11.6 Å². The fourth-order valence-electron chi connectivity index (χ4n) is 0.606. The van der Waals surface area contributed by atoms with Gasteiger partial charge in [0.15, 0.2) is 0 Å². The largest absolute Gasteiger partial charge is 0.370 e. The highest BCUT2D eigenvalue weighted by atomic mass is 35.5. The topological polar surface area (TPSA) is 27.7 Å². The van der Waals surface area contributed by atoms with Crippen LogP contribution in [0.3, 0.4) is 0 Å². The molecule has 0 aromatic rings. The minimum absolute atomic E-state index is 0.218. The van der Waals surface area contributed by atoms with Gasteiger partial charge in [0, 0.05) is 17.6 Å². The summed E-state index contributed by atoms with van der Waals surface area (Å²) < 4.78 is 15.2. The van der Waals surface area contributed by atoms with Crippen molar-refractivity contribution in [2.24, 2.45) is 0 Å². The Hall–Kier alpha value is 1.04. The molecule has 7 heteroatoms. The van der Waals surface area contributed by atoms with Crippen LogP contribution < -0.4 is 0 Å². The maximum absolute atomic E-state index is 5.83. The Morgan fingerprint density at radius 2 is 1.00 bits per heavy atom. The predicted octanol–water partition coefficient (Wildman–Crippen LogP) is 2.60. The van der Waals surface area contributed by atoms with Gasteiger partial charge in [0.25, 0.3) is 0 Å². The Morgan fingerprint density at radius 1 is 0.714 bits per heavy atom. The molecule has 0 saturated heterocycles. The van der Waals surface area contributed by atoms with Gasteiger partial charge in [-0.25, -0.2) is 0 Å². The van der Waals surface area contributed by atoms with Crippen LogP contribution in [0.15, 0.2) is 0 Å². The second-order valence-electron chi connectivity index (χ2n) is 2.09. The Balaban J connectivity index is 3.89. The first-order valence-electron chi connectivity index (χ1n) is 3.97. The summed E-state index contributed by atoms with van der Waals surface area (Å²) in [7, 11) is 0. The highest BCUT2D eigenvalue weighted by molar-refractivity contribution is 6.21. The summed E-state index contributed by atoms with van der Waals surface area (Å²) in [5.41, 5.74) is -1.63. The summed E-state index contributed by atoms with van der Waals surface area (Å²) in [5.74, 6) is 0.884. The molecule has 3 nitrogen and oxygen atoms in total. The molecule has 0 aliphatic heterocycles. The van der Waals surface area contributed by atoms with Gasteiger partial charge in [-0.1, -0.05) is 0 Å². The lowest BCUT2D eigenvalue weighted by Gasteiger charge is -2.25. The third-order valence-corrected chi connectivity index (χ3v) is 1.85. The van der Waals surface area contributed by atoms with Crippen molar-refractivity contribution in [3.8, 4) is 0 Å². The van der Waals surface area contributed by atoms with Gasteiger partial charge in [0.05, 0.1) is 19.8 Å². The lowest BCUT2D eigenvalue weighted by Crippen LogP contribution is -2.35. The second kappa shape index (κ2) is 9.28. The number of halogens is 4. The number of alkyl halides is 4. The van der Waals surface area contributed by atoms with E-state index in [-0.39, 0.29) is 19.8 Å². The van der Waals surface area contributed by atoms with Crippen LogP contribution in [0.4, 0.5) is 0 Å². The highest BCUT2D eigenvalue weighted by Crippen LogP contribution is 2.21. The van der Waals surface area contributed by atoms with Gasteiger partial charge in [-0.2, -0.15) is 0 Å². The zero-order valence-corrected chi connectivity index (χ0v) is 10.5. The molecule has 0 saturated carbocycles. The molecule has 0 unspecified atom stereocenters. The molecule has 0 spiro atoms. The molecule has 0 amide bonds. The van der Waals surface area contributed by atoms with Crippen molar-refractivity contribution in [3.63, 3.8) is 0 Å². The van der Waals surface area contributed by atoms with Crippen molar-refractivity contribution in [3.05, 3.63) is 0 Å². The Labute approximate surface area is 103 Å². The molecule has 0 fully saturated rings. The van der Waals surface area contributed by atoms with Gasteiger partial charge >= 0.3 is 5.43 Å². The van der Waals surface area contributed by atoms with Crippen molar-refractivity contribution in [1.82, 2.24) is 0 Å². The van der Waals surface area contributed by atoms with Gasteiger partial charge in [-0.15, -0.1) is 34.8 Å². The number of rotatable bonds is 9. The first-order valence-corrected chi connectivity index (χ1v) is 5.95. The summed E-state index contributed by atoms with van der Waals surface area (Å²) in [5, 5.41) is 0. The van der Waals surface area contributed by atoms with Crippen LogP contribution in [0.25, 0.3) is 0 Å². The normalized spacial score (nSPS) is 12.0. The number of ether oxygens (including phenoxy) is 3. The van der Waals surface area contributed by atoms with Crippen molar-refractivity contribution in [1.29, 1.82) is 0 Å². The quantitative estimate of drug-likeness (QED) is 0.481. The highest BCUT2D eigenvalue weighted by Gasteiger charge is 2.30. The minimum atomic E-state index is -1.63. The van der Waals surface area contributed by atoms with E-state index in [1.807, 2.05) is 0 Å². The zero-order chi connectivity index (χ0) is 10.9. The van der Waals surface area contributed by atoms with Crippen LogP contribution >= 0.6 is 46.4 Å². The summed E-state index contributed by atoms with van der Waals surface area (Å²) in [6.45, 7) is 0.654. The molecule has 86 valence electrons.